The van der Waals surface area contributed by atoms with Crippen LogP contribution in [0, 0.1) is 13.8 Å². The van der Waals surface area contributed by atoms with E-state index in [-0.39, 0.29) is 0 Å². The van der Waals surface area contributed by atoms with Crippen molar-refractivity contribution in [3.05, 3.63) is 89.1 Å². The van der Waals surface area contributed by atoms with Crippen molar-refractivity contribution in [1.82, 2.24) is 9.38 Å². The van der Waals surface area contributed by atoms with Gasteiger partial charge in [-0.2, -0.15) is 0 Å². The summed E-state index contributed by atoms with van der Waals surface area (Å²) in [6, 6.07) is 16.9. The van der Waals surface area contributed by atoms with Gasteiger partial charge in [-0.15, -0.1) is 0 Å². The Kier molecular flexibility index (Phi) is 5.52. The fourth-order valence-electron chi connectivity index (χ4n) is 3.27. The van der Waals surface area contributed by atoms with Gasteiger partial charge >= 0.3 is 0 Å². The molecular formula is C24H23N3O3S. The van der Waals surface area contributed by atoms with E-state index in [0.29, 0.717) is 11.4 Å². The van der Waals surface area contributed by atoms with Crippen molar-refractivity contribution in [3.8, 4) is 17.0 Å². The molecule has 0 bridgehead atoms. The van der Waals surface area contributed by atoms with Gasteiger partial charge in [0.05, 0.1) is 23.9 Å². The minimum Gasteiger partial charge on any atom is -0.495 e. The molecule has 2 aromatic heterocycles. The Morgan fingerprint density at radius 3 is 2.55 bits per heavy atom. The topological polar surface area (TPSA) is 72.7 Å². The summed E-state index contributed by atoms with van der Waals surface area (Å²) in [5, 5.41) is 1.15. The molecule has 0 atom stereocenters. The standard InChI is InChI=1S/C24H23N3O3S/c1-17-6-8-19(9-7-17)12-14-31(28,29)26-21-15-20(10-11-23(21)30-3)22-16-27-13-4-5-18(2)24(27)25-22/h4-16,26H,1-3H3/b14-12+. The highest BCUT2D eigenvalue weighted by molar-refractivity contribution is 7.95. The number of imidazole rings is 1. The largest absolute Gasteiger partial charge is 0.495 e. The molecule has 0 saturated carbocycles. The number of pyridine rings is 1. The molecule has 31 heavy (non-hydrogen) atoms. The third-order valence-corrected chi connectivity index (χ3v) is 5.94. The van der Waals surface area contributed by atoms with Gasteiger partial charge in [0.15, 0.2) is 0 Å². The lowest BCUT2D eigenvalue weighted by atomic mass is 10.1. The quantitative estimate of drug-likeness (QED) is 0.462. The normalized spacial score (nSPS) is 11.8. The second kappa shape index (κ2) is 8.28. The summed E-state index contributed by atoms with van der Waals surface area (Å²) in [7, 11) is -2.24. The van der Waals surface area contributed by atoms with E-state index in [1.807, 2.05) is 73.1 Å². The number of methoxy groups -OCH3 is 1. The molecule has 4 rings (SSSR count). The van der Waals surface area contributed by atoms with Gasteiger partial charge in [0.25, 0.3) is 10.0 Å². The van der Waals surface area contributed by atoms with Gasteiger partial charge in [-0.25, -0.2) is 13.4 Å². The Labute approximate surface area is 181 Å². The molecule has 0 spiro atoms. The molecule has 0 saturated heterocycles. The van der Waals surface area contributed by atoms with Crippen LogP contribution in [0.3, 0.4) is 0 Å². The summed E-state index contributed by atoms with van der Waals surface area (Å²) in [6.45, 7) is 3.98. The van der Waals surface area contributed by atoms with Crippen LogP contribution in [0.1, 0.15) is 16.7 Å². The molecule has 0 aliphatic carbocycles. The molecule has 7 heteroatoms. The van der Waals surface area contributed by atoms with Crippen LogP contribution in [0.2, 0.25) is 0 Å². The van der Waals surface area contributed by atoms with Crippen LogP contribution in [0.5, 0.6) is 5.75 Å². The third kappa shape index (κ3) is 4.62. The van der Waals surface area contributed by atoms with E-state index in [2.05, 4.69) is 9.71 Å². The molecule has 6 nitrogen and oxygen atoms in total. The number of aromatic nitrogens is 2. The zero-order valence-corrected chi connectivity index (χ0v) is 18.3. The number of sulfonamides is 1. The number of nitrogens with one attached hydrogen (secondary N) is 1. The second-order valence-electron chi connectivity index (χ2n) is 7.32. The summed E-state index contributed by atoms with van der Waals surface area (Å²) >= 11 is 0. The molecule has 0 amide bonds. The van der Waals surface area contributed by atoms with Gasteiger partial charge < -0.3 is 9.14 Å². The summed E-state index contributed by atoms with van der Waals surface area (Å²) in [4.78, 5) is 4.69. The zero-order chi connectivity index (χ0) is 22.0. The highest BCUT2D eigenvalue weighted by atomic mass is 32.2. The summed E-state index contributed by atoms with van der Waals surface area (Å²) in [5.74, 6) is 0.427. The predicted molar refractivity (Wildman–Crippen MR) is 125 cm³/mol. The first-order valence-corrected chi connectivity index (χ1v) is 11.3. The minimum absolute atomic E-state index is 0.349. The third-order valence-electron chi connectivity index (χ3n) is 4.94. The van der Waals surface area contributed by atoms with Crippen LogP contribution in [-0.2, 0) is 10.0 Å². The number of nitrogens with zero attached hydrogens (tertiary/aromatic N) is 2. The maximum Gasteiger partial charge on any atom is 0.255 e. The molecule has 0 aliphatic rings. The Balaban J connectivity index is 1.65. The van der Waals surface area contributed by atoms with Crippen LogP contribution < -0.4 is 9.46 Å². The molecule has 0 fully saturated rings. The van der Waals surface area contributed by atoms with Crippen LogP contribution in [0.15, 0.2) is 72.4 Å². The van der Waals surface area contributed by atoms with Crippen molar-refractivity contribution in [2.24, 2.45) is 0 Å². The van der Waals surface area contributed by atoms with Crippen molar-refractivity contribution in [2.75, 3.05) is 11.8 Å². The number of hydrogen-bond acceptors (Lipinski definition) is 4. The van der Waals surface area contributed by atoms with Crippen molar-refractivity contribution in [2.45, 2.75) is 13.8 Å². The summed E-state index contributed by atoms with van der Waals surface area (Å²) in [6.07, 6.45) is 5.41. The van der Waals surface area contributed by atoms with Crippen molar-refractivity contribution in [1.29, 1.82) is 0 Å². The molecule has 2 heterocycles. The van der Waals surface area contributed by atoms with Crippen LogP contribution >= 0.6 is 0 Å². The average Bonchev–Trinajstić information content (AvgIpc) is 3.19. The minimum atomic E-state index is -3.74. The van der Waals surface area contributed by atoms with Gasteiger partial charge in [-0.05, 0) is 55.3 Å². The lowest BCUT2D eigenvalue weighted by Gasteiger charge is -2.11. The predicted octanol–water partition coefficient (Wildman–Crippen LogP) is 5.04. The lowest BCUT2D eigenvalue weighted by Crippen LogP contribution is -2.10. The Hall–Kier alpha value is -3.58. The number of ether oxygens (including phenoxy) is 1. The fraction of sp³-hybridized carbons (Fsp3) is 0.125. The number of benzene rings is 2. The molecular weight excluding hydrogens is 410 g/mol. The summed E-state index contributed by atoms with van der Waals surface area (Å²) < 4.78 is 35.2. The molecule has 4 aromatic rings. The molecule has 1 N–H and O–H groups in total. The van der Waals surface area contributed by atoms with E-state index in [1.165, 1.54) is 7.11 Å². The van der Waals surface area contributed by atoms with Gasteiger partial charge in [-0.3, -0.25) is 4.72 Å². The number of hydrogen-bond donors (Lipinski definition) is 1. The van der Waals surface area contributed by atoms with E-state index in [4.69, 9.17) is 4.74 Å². The van der Waals surface area contributed by atoms with E-state index in [9.17, 15) is 8.42 Å². The number of aryl methyl sites for hydroxylation is 2. The van der Waals surface area contributed by atoms with Gasteiger partial charge in [-0.1, -0.05) is 35.9 Å². The van der Waals surface area contributed by atoms with Gasteiger partial charge in [0, 0.05) is 18.0 Å². The second-order valence-corrected chi connectivity index (χ2v) is 8.89. The maximum absolute atomic E-state index is 12.7. The molecule has 2 aromatic carbocycles. The summed E-state index contributed by atoms with van der Waals surface area (Å²) in [5.41, 5.74) is 5.71. The SMILES string of the molecule is COc1ccc(-c2cn3cccc(C)c3n2)cc1NS(=O)(=O)/C=C/c1ccc(C)cc1. The van der Waals surface area contributed by atoms with Crippen molar-refractivity contribution >= 4 is 27.4 Å². The highest BCUT2D eigenvalue weighted by Gasteiger charge is 2.14. The van der Waals surface area contributed by atoms with Crippen LogP contribution in [-0.4, -0.2) is 24.9 Å². The monoisotopic (exact) mass is 433 g/mol. The number of rotatable bonds is 6. The smallest absolute Gasteiger partial charge is 0.255 e. The maximum atomic E-state index is 12.7. The van der Waals surface area contributed by atoms with Crippen molar-refractivity contribution in [3.63, 3.8) is 0 Å². The van der Waals surface area contributed by atoms with Gasteiger partial charge in [0.1, 0.15) is 11.4 Å². The van der Waals surface area contributed by atoms with E-state index in [0.717, 1.165) is 39.0 Å². The fourth-order valence-corrected chi connectivity index (χ4v) is 4.14. The van der Waals surface area contributed by atoms with E-state index >= 15 is 0 Å². The highest BCUT2D eigenvalue weighted by Crippen LogP contribution is 2.31. The van der Waals surface area contributed by atoms with Crippen molar-refractivity contribution < 1.29 is 13.2 Å². The van der Waals surface area contributed by atoms with E-state index in [1.54, 1.807) is 18.2 Å². The Morgan fingerprint density at radius 1 is 1.06 bits per heavy atom. The first-order valence-electron chi connectivity index (χ1n) is 9.75. The average molecular weight is 434 g/mol. The molecule has 0 unspecified atom stereocenters. The number of fused-ring (bicyclic) bond motifs is 1. The Morgan fingerprint density at radius 2 is 1.84 bits per heavy atom. The lowest BCUT2D eigenvalue weighted by molar-refractivity contribution is 0.417. The van der Waals surface area contributed by atoms with Crippen LogP contribution in [0.4, 0.5) is 5.69 Å². The zero-order valence-electron chi connectivity index (χ0n) is 17.5. The molecule has 0 aliphatic heterocycles. The van der Waals surface area contributed by atoms with Gasteiger partial charge in [0.2, 0.25) is 0 Å². The molecule has 158 valence electrons. The Bertz CT molecular complexity index is 1370. The van der Waals surface area contributed by atoms with E-state index < -0.39 is 10.0 Å². The number of anilines is 1. The van der Waals surface area contributed by atoms with Crippen LogP contribution in [0.25, 0.3) is 23.0 Å². The first-order chi connectivity index (χ1) is 14.8. The first kappa shape index (κ1) is 20.7. The molecule has 0 radical (unpaired) electrons.